The van der Waals surface area contributed by atoms with E-state index in [2.05, 4.69) is 5.32 Å². The van der Waals surface area contributed by atoms with Crippen LogP contribution in [0.25, 0.3) is 0 Å². The highest BCUT2D eigenvalue weighted by Crippen LogP contribution is 2.11. The van der Waals surface area contributed by atoms with E-state index >= 15 is 0 Å². The minimum Gasteiger partial charge on any atom is -0.383 e. The predicted octanol–water partition coefficient (Wildman–Crippen LogP) is 1.74. The summed E-state index contributed by atoms with van der Waals surface area (Å²) >= 11 is 0. The highest BCUT2D eigenvalue weighted by atomic mass is 19.1. The number of benzene rings is 1. The molecule has 1 rings (SSSR count). The fourth-order valence-corrected chi connectivity index (χ4v) is 1.41. The summed E-state index contributed by atoms with van der Waals surface area (Å²) in [6.45, 7) is 0.465. The molecule has 0 bridgehead atoms. The highest BCUT2D eigenvalue weighted by molar-refractivity contribution is 5.19. The Morgan fingerprint density at radius 1 is 1.40 bits per heavy atom. The van der Waals surface area contributed by atoms with Gasteiger partial charge in [0.2, 0.25) is 0 Å². The van der Waals surface area contributed by atoms with Gasteiger partial charge in [-0.05, 0) is 37.2 Å². The SMILES string of the molecule is CNC(COC)Cc1cc(F)ccc1F. The zero-order chi connectivity index (χ0) is 11.3. The summed E-state index contributed by atoms with van der Waals surface area (Å²) in [4.78, 5) is 0. The van der Waals surface area contributed by atoms with Crippen molar-refractivity contribution in [3.05, 3.63) is 35.4 Å². The van der Waals surface area contributed by atoms with Crippen LogP contribution in [0.3, 0.4) is 0 Å². The van der Waals surface area contributed by atoms with E-state index in [1.165, 1.54) is 6.07 Å². The molecule has 1 atom stereocenters. The molecule has 2 nitrogen and oxygen atoms in total. The number of hydrogen-bond acceptors (Lipinski definition) is 2. The Bertz CT molecular complexity index is 317. The predicted molar refractivity (Wildman–Crippen MR) is 54.8 cm³/mol. The molecule has 0 aliphatic rings. The average molecular weight is 215 g/mol. The zero-order valence-electron chi connectivity index (χ0n) is 8.89. The van der Waals surface area contributed by atoms with Gasteiger partial charge in [-0.2, -0.15) is 0 Å². The van der Waals surface area contributed by atoms with Crippen LogP contribution < -0.4 is 5.32 Å². The van der Waals surface area contributed by atoms with Crippen LogP contribution in [-0.2, 0) is 11.2 Å². The van der Waals surface area contributed by atoms with Crippen LogP contribution in [0.2, 0.25) is 0 Å². The van der Waals surface area contributed by atoms with Crippen molar-refractivity contribution in [2.45, 2.75) is 12.5 Å². The summed E-state index contributed by atoms with van der Waals surface area (Å²) < 4.78 is 31.1. The van der Waals surface area contributed by atoms with Crippen molar-refractivity contribution >= 4 is 0 Å². The number of hydrogen-bond donors (Lipinski definition) is 1. The van der Waals surface area contributed by atoms with Gasteiger partial charge in [-0.3, -0.25) is 0 Å². The standard InChI is InChI=1S/C11H15F2NO/c1-14-10(7-15-2)6-8-5-9(12)3-4-11(8)13/h3-5,10,14H,6-7H2,1-2H3. The van der Waals surface area contributed by atoms with Crippen molar-refractivity contribution in [1.29, 1.82) is 0 Å². The van der Waals surface area contributed by atoms with Crippen molar-refractivity contribution in [2.24, 2.45) is 0 Å². The van der Waals surface area contributed by atoms with E-state index in [0.717, 1.165) is 12.1 Å². The van der Waals surface area contributed by atoms with E-state index in [-0.39, 0.29) is 11.9 Å². The molecule has 0 heterocycles. The van der Waals surface area contributed by atoms with E-state index in [0.29, 0.717) is 18.6 Å². The van der Waals surface area contributed by atoms with Crippen LogP contribution in [0.5, 0.6) is 0 Å². The van der Waals surface area contributed by atoms with Gasteiger partial charge in [-0.1, -0.05) is 0 Å². The lowest BCUT2D eigenvalue weighted by Gasteiger charge is -2.15. The molecule has 0 radical (unpaired) electrons. The van der Waals surface area contributed by atoms with Gasteiger partial charge < -0.3 is 10.1 Å². The lowest BCUT2D eigenvalue weighted by molar-refractivity contribution is 0.169. The third-order valence-corrected chi connectivity index (χ3v) is 2.25. The quantitative estimate of drug-likeness (QED) is 0.807. The summed E-state index contributed by atoms with van der Waals surface area (Å²) in [7, 11) is 3.34. The number of halogens is 2. The van der Waals surface area contributed by atoms with Crippen LogP contribution in [0.1, 0.15) is 5.56 Å². The summed E-state index contributed by atoms with van der Waals surface area (Å²) in [5, 5.41) is 2.98. The maximum atomic E-state index is 13.3. The monoisotopic (exact) mass is 215 g/mol. The third kappa shape index (κ3) is 3.57. The van der Waals surface area contributed by atoms with Crippen LogP contribution in [-0.4, -0.2) is 26.8 Å². The van der Waals surface area contributed by atoms with E-state index < -0.39 is 5.82 Å². The van der Waals surface area contributed by atoms with Gasteiger partial charge in [-0.25, -0.2) is 8.78 Å². The topological polar surface area (TPSA) is 21.3 Å². The molecule has 0 aromatic heterocycles. The summed E-state index contributed by atoms with van der Waals surface area (Å²) in [5.74, 6) is -0.800. The van der Waals surface area contributed by atoms with Crippen molar-refractivity contribution in [2.75, 3.05) is 20.8 Å². The second-order valence-electron chi connectivity index (χ2n) is 3.38. The fourth-order valence-electron chi connectivity index (χ4n) is 1.41. The molecular weight excluding hydrogens is 200 g/mol. The van der Waals surface area contributed by atoms with Gasteiger partial charge in [-0.15, -0.1) is 0 Å². The van der Waals surface area contributed by atoms with Gasteiger partial charge in [0.15, 0.2) is 0 Å². The van der Waals surface area contributed by atoms with Gasteiger partial charge in [0, 0.05) is 13.2 Å². The van der Waals surface area contributed by atoms with Gasteiger partial charge in [0.05, 0.1) is 6.61 Å². The molecule has 0 saturated heterocycles. The van der Waals surface area contributed by atoms with Crippen LogP contribution in [0.15, 0.2) is 18.2 Å². The molecule has 0 spiro atoms. The maximum absolute atomic E-state index is 13.3. The number of rotatable bonds is 5. The lowest BCUT2D eigenvalue weighted by Crippen LogP contribution is -2.32. The van der Waals surface area contributed by atoms with E-state index in [4.69, 9.17) is 4.74 Å². The Labute approximate surface area is 88.3 Å². The molecule has 1 aromatic rings. The first-order valence-corrected chi connectivity index (χ1v) is 4.77. The molecule has 0 aliphatic carbocycles. The summed E-state index contributed by atoms with van der Waals surface area (Å²) in [5.41, 5.74) is 0.367. The summed E-state index contributed by atoms with van der Waals surface area (Å²) in [6, 6.07) is 3.47. The molecular formula is C11H15F2NO. The molecule has 1 aromatic carbocycles. The first kappa shape index (κ1) is 12.1. The number of ether oxygens (including phenoxy) is 1. The molecule has 0 saturated carbocycles. The minimum atomic E-state index is -0.418. The molecule has 0 amide bonds. The number of likely N-dealkylation sites (N-methyl/N-ethyl adjacent to an activating group) is 1. The number of methoxy groups -OCH3 is 1. The third-order valence-electron chi connectivity index (χ3n) is 2.25. The molecule has 84 valence electrons. The maximum Gasteiger partial charge on any atom is 0.126 e. The number of nitrogens with one attached hydrogen (secondary N) is 1. The van der Waals surface area contributed by atoms with Crippen molar-refractivity contribution < 1.29 is 13.5 Å². The van der Waals surface area contributed by atoms with Gasteiger partial charge in [0.25, 0.3) is 0 Å². The summed E-state index contributed by atoms with van der Waals surface area (Å²) in [6.07, 6.45) is 0.411. The second kappa shape index (κ2) is 5.78. The normalized spacial score (nSPS) is 12.8. The van der Waals surface area contributed by atoms with Gasteiger partial charge in [0.1, 0.15) is 11.6 Å². The Kier molecular flexibility index (Phi) is 4.65. The molecule has 15 heavy (non-hydrogen) atoms. The molecule has 1 N–H and O–H groups in total. The van der Waals surface area contributed by atoms with Crippen LogP contribution in [0.4, 0.5) is 8.78 Å². The highest BCUT2D eigenvalue weighted by Gasteiger charge is 2.11. The fraction of sp³-hybridized carbons (Fsp3) is 0.455. The second-order valence-corrected chi connectivity index (χ2v) is 3.38. The smallest absolute Gasteiger partial charge is 0.126 e. The Morgan fingerprint density at radius 2 is 2.13 bits per heavy atom. The minimum absolute atomic E-state index is 0.00806. The van der Waals surface area contributed by atoms with Crippen molar-refractivity contribution in [1.82, 2.24) is 5.32 Å². The largest absolute Gasteiger partial charge is 0.383 e. The Balaban J connectivity index is 2.73. The zero-order valence-corrected chi connectivity index (χ0v) is 8.89. The van der Waals surface area contributed by atoms with E-state index in [9.17, 15) is 8.78 Å². The molecule has 1 unspecified atom stereocenters. The first-order valence-electron chi connectivity index (χ1n) is 4.77. The van der Waals surface area contributed by atoms with Gasteiger partial charge >= 0.3 is 0 Å². The van der Waals surface area contributed by atoms with E-state index in [1.54, 1.807) is 14.2 Å². The lowest BCUT2D eigenvalue weighted by atomic mass is 10.1. The Morgan fingerprint density at radius 3 is 2.73 bits per heavy atom. The molecule has 4 heteroatoms. The van der Waals surface area contributed by atoms with Crippen LogP contribution in [0, 0.1) is 11.6 Å². The average Bonchev–Trinajstić information content (AvgIpc) is 2.22. The Hall–Kier alpha value is -1.00. The molecule has 0 aliphatic heterocycles. The van der Waals surface area contributed by atoms with E-state index in [1.807, 2.05) is 0 Å². The van der Waals surface area contributed by atoms with Crippen molar-refractivity contribution in [3.63, 3.8) is 0 Å². The first-order chi connectivity index (χ1) is 7.17. The molecule has 0 fully saturated rings. The van der Waals surface area contributed by atoms with Crippen molar-refractivity contribution in [3.8, 4) is 0 Å². The van der Waals surface area contributed by atoms with Crippen LogP contribution >= 0.6 is 0 Å².